The molecule has 1 heterocycles. The Kier molecular flexibility index (Phi) is 5.32. The first-order chi connectivity index (χ1) is 9.95. The van der Waals surface area contributed by atoms with E-state index in [1.807, 2.05) is 0 Å². The normalized spacial score (nSPS) is 24.4. The number of hydrogen-bond acceptors (Lipinski definition) is 2. The molecule has 21 heavy (non-hydrogen) atoms. The SMILES string of the molecule is CCC(C)C1CN(c2cccc(C)c2C)C(C(C)C)CN1. The lowest BCUT2D eigenvalue weighted by Crippen LogP contribution is -2.60. The number of rotatable bonds is 4. The van der Waals surface area contributed by atoms with Gasteiger partial charge in [0.05, 0.1) is 0 Å². The van der Waals surface area contributed by atoms with Crippen molar-refractivity contribution >= 4 is 5.69 Å². The molecule has 0 radical (unpaired) electrons. The third-order valence-corrected chi connectivity index (χ3v) is 5.37. The van der Waals surface area contributed by atoms with E-state index in [2.05, 4.69) is 70.0 Å². The quantitative estimate of drug-likeness (QED) is 0.895. The first-order valence-corrected chi connectivity index (χ1v) is 8.51. The van der Waals surface area contributed by atoms with Crippen molar-refractivity contribution in [1.82, 2.24) is 5.32 Å². The van der Waals surface area contributed by atoms with Crippen LogP contribution in [0.5, 0.6) is 0 Å². The Balaban J connectivity index is 2.31. The largest absolute Gasteiger partial charge is 0.365 e. The Morgan fingerprint density at radius 2 is 1.95 bits per heavy atom. The van der Waals surface area contributed by atoms with Crippen molar-refractivity contribution in [2.24, 2.45) is 11.8 Å². The van der Waals surface area contributed by atoms with Gasteiger partial charge in [0.1, 0.15) is 0 Å². The van der Waals surface area contributed by atoms with Gasteiger partial charge in [-0.05, 0) is 42.9 Å². The van der Waals surface area contributed by atoms with Crippen LogP contribution < -0.4 is 10.2 Å². The van der Waals surface area contributed by atoms with E-state index < -0.39 is 0 Å². The van der Waals surface area contributed by atoms with Crippen LogP contribution in [0.2, 0.25) is 0 Å². The lowest BCUT2D eigenvalue weighted by atomic mass is 9.91. The van der Waals surface area contributed by atoms with Gasteiger partial charge in [-0.15, -0.1) is 0 Å². The summed E-state index contributed by atoms with van der Waals surface area (Å²) >= 11 is 0. The van der Waals surface area contributed by atoms with Gasteiger partial charge in [-0.25, -0.2) is 0 Å². The van der Waals surface area contributed by atoms with Crippen molar-refractivity contribution in [2.45, 2.75) is 60.0 Å². The molecule has 118 valence electrons. The van der Waals surface area contributed by atoms with Gasteiger partial charge < -0.3 is 10.2 Å². The van der Waals surface area contributed by atoms with E-state index in [0.29, 0.717) is 18.0 Å². The molecule has 0 saturated carbocycles. The molecule has 2 rings (SSSR count). The summed E-state index contributed by atoms with van der Waals surface area (Å²) in [6, 6.07) is 7.92. The zero-order chi connectivity index (χ0) is 15.6. The number of nitrogens with zero attached hydrogens (tertiary/aromatic N) is 1. The average molecular weight is 288 g/mol. The second-order valence-corrected chi connectivity index (χ2v) is 7.08. The van der Waals surface area contributed by atoms with Gasteiger partial charge in [0, 0.05) is 30.9 Å². The molecule has 3 unspecified atom stereocenters. The predicted molar refractivity (Wildman–Crippen MR) is 93.1 cm³/mol. The van der Waals surface area contributed by atoms with Crippen molar-refractivity contribution in [3.63, 3.8) is 0 Å². The van der Waals surface area contributed by atoms with Crippen molar-refractivity contribution < 1.29 is 0 Å². The molecular weight excluding hydrogens is 256 g/mol. The summed E-state index contributed by atoms with van der Waals surface area (Å²) in [5.74, 6) is 1.39. The molecule has 2 nitrogen and oxygen atoms in total. The Hall–Kier alpha value is -1.02. The van der Waals surface area contributed by atoms with Crippen molar-refractivity contribution in [3.8, 4) is 0 Å². The number of piperazine rings is 1. The maximum atomic E-state index is 3.79. The molecule has 1 aliphatic heterocycles. The van der Waals surface area contributed by atoms with Crippen LogP contribution >= 0.6 is 0 Å². The topological polar surface area (TPSA) is 15.3 Å². The fourth-order valence-corrected chi connectivity index (χ4v) is 3.38. The summed E-state index contributed by atoms with van der Waals surface area (Å²) in [5.41, 5.74) is 4.27. The van der Waals surface area contributed by atoms with Gasteiger partial charge in [0.15, 0.2) is 0 Å². The van der Waals surface area contributed by atoms with E-state index in [0.717, 1.165) is 19.0 Å². The Labute approximate surface area is 130 Å². The summed E-state index contributed by atoms with van der Waals surface area (Å²) < 4.78 is 0. The first-order valence-electron chi connectivity index (χ1n) is 8.51. The third kappa shape index (κ3) is 3.42. The zero-order valence-corrected chi connectivity index (χ0v) is 14.6. The lowest BCUT2D eigenvalue weighted by molar-refractivity contribution is 0.281. The molecule has 1 aromatic carbocycles. The second-order valence-electron chi connectivity index (χ2n) is 7.08. The highest BCUT2D eigenvalue weighted by Crippen LogP contribution is 2.30. The van der Waals surface area contributed by atoms with E-state index in [9.17, 15) is 0 Å². The van der Waals surface area contributed by atoms with Crippen molar-refractivity contribution in [2.75, 3.05) is 18.0 Å². The van der Waals surface area contributed by atoms with Crippen LogP contribution in [-0.2, 0) is 0 Å². The fraction of sp³-hybridized carbons (Fsp3) is 0.684. The fourth-order valence-electron chi connectivity index (χ4n) is 3.38. The summed E-state index contributed by atoms with van der Waals surface area (Å²) in [4.78, 5) is 2.67. The minimum atomic E-state index is 0.589. The molecule has 1 aromatic rings. The number of anilines is 1. The first kappa shape index (κ1) is 16.4. The van der Waals surface area contributed by atoms with Crippen LogP contribution in [-0.4, -0.2) is 25.2 Å². The van der Waals surface area contributed by atoms with Gasteiger partial charge in [0.25, 0.3) is 0 Å². The maximum Gasteiger partial charge on any atom is 0.0438 e. The molecule has 0 bridgehead atoms. The van der Waals surface area contributed by atoms with Crippen LogP contribution in [0, 0.1) is 25.7 Å². The summed E-state index contributed by atoms with van der Waals surface area (Å²) in [7, 11) is 0. The van der Waals surface area contributed by atoms with Crippen LogP contribution in [0.3, 0.4) is 0 Å². The number of hydrogen-bond donors (Lipinski definition) is 1. The summed E-state index contributed by atoms with van der Waals surface area (Å²) in [6.45, 7) is 16.1. The third-order valence-electron chi connectivity index (χ3n) is 5.37. The number of nitrogens with one attached hydrogen (secondary N) is 1. The molecule has 3 atom stereocenters. The molecule has 1 N–H and O–H groups in total. The van der Waals surface area contributed by atoms with Crippen LogP contribution in [0.25, 0.3) is 0 Å². The van der Waals surface area contributed by atoms with Crippen LogP contribution in [0.15, 0.2) is 18.2 Å². The molecule has 1 saturated heterocycles. The van der Waals surface area contributed by atoms with Crippen LogP contribution in [0.4, 0.5) is 5.69 Å². The van der Waals surface area contributed by atoms with Gasteiger partial charge in [-0.2, -0.15) is 0 Å². The van der Waals surface area contributed by atoms with Crippen molar-refractivity contribution in [3.05, 3.63) is 29.3 Å². The second kappa shape index (κ2) is 6.83. The summed E-state index contributed by atoms with van der Waals surface area (Å²) in [5, 5.41) is 3.79. The molecule has 0 aromatic heterocycles. The highest BCUT2D eigenvalue weighted by atomic mass is 15.2. The minimum absolute atomic E-state index is 0.589. The smallest absolute Gasteiger partial charge is 0.0438 e. The predicted octanol–water partition coefficient (Wildman–Crippen LogP) is 4.15. The van der Waals surface area contributed by atoms with Gasteiger partial charge >= 0.3 is 0 Å². The zero-order valence-electron chi connectivity index (χ0n) is 14.6. The Morgan fingerprint density at radius 1 is 1.24 bits per heavy atom. The van der Waals surface area contributed by atoms with Gasteiger partial charge in [0.2, 0.25) is 0 Å². The average Bonchev–Trinajstić information content (AvgIpc) is 2.48. The highest BCUT2D eigenvalue weighted by molar-refractivity contribution is 5.57. The Bertz CT molecular complexity index is 467. The number of benzene rings is 1. The minimum Gasteiger partial charge on any atom is -0.365 e. The van der Waals surface area contributed by atoms with Gasteiger partial charge in [-0.1, -0.05) is 46.2 Å². The molecule has 2 heteroatoms. The monoisotopic (exact) mass is 288 g/mol. The van der Waals surface area contributed by atoms with E-state index in [1.54, 1.807) is 0 Å². The number of aryl methyl sites for hydroxylation is 1. The van der Waals surface area contributed by atoms with Crippen molar-refractivity contribution in [1.29, 1.82) is 0 Å². The molecule has 0 spiro atoms. The standard InChI is InChI=1S/C19H32N2/c1-7-14(4)17-12-21(19(11-20-17)13(2)3)18-10-8-9-15(5)16(18)6/h8-10,13-14,17,19-20H,7,11-12H2,1-6H3. The van der Waals surface area contributed by atoms with E-state index >= 15 is 0 Å². The molecule has 1 aliphatic rings. The Morgan fingerprint density at radius 3 is 2.57 bits per heavy atom. The van der Waals surface area contributed by atoms with Gasteiger partial charge in [-0.3, -0.25) is 0 Å². The summed E-state index contributed by atoms with van der Waals surface area (Å²) in [6.07, 6.45) is 1.24. The maximum absolute atomic E-state index is 3.79. The van der Waals surface area contributed by atoms with E-state index in [-0.39, 0.29) is 0 Å². The van der Waals surface area contributed by atoms with E-state index in [4.69, 9.17) is 0 Å². The van der Waals surface area contributed by atoms with Crippen LogP contribution in [0.1, 0.15) is 45.2 Å². The molecule has 1 fully saturated rings. The molecular formula is C19H32N2. The lowest BCUT2D eigenvalue weighted by Gasteiger charge is -2.46. The molecule has 0 amide bonds. The van der Waals surface area contributed by atoms with E-state index in [1.165, 1.54) is 23.2 Å². The highest BCUT2D eigenvalue weighted by Gasteiger charge is 2.32. The molecule has 0 aliphatic carbocycles.